The highest BCUT2D eigenvalue weighted by molar-refractivity contribution is 8.00. The van der Waals surface area contributed by atoms with Gasteiger partial charge in [-0.25, -0.2) is 0 Å². The van der Waals surface area contributed by atoms with Gasteiger partial charge in [0.15, 0.2) is 0 Å². The molecule has 0 saturated carbocycles. The average molecular weight is 832 g/mol. The van der Waals surface area contributed by atoms with Crippen molar-refractivity contribution in [2.75, 3.05) is 4.90 Å². The van der Waals surface area contributed by atoms with E-state index in [4.69, 9.17) is 9.47 Å². The van der Waals surface area contributed by atoms with Gasteiger partial charge in [0.2, 0.25) is 0 Å². The summed E-state index contributed by atoms with van der Waals surface area (Å²) in [5, 5.41) is 5.67. The van der Waals surface area contributed by atoms with Gasteiger partial charge in [-0.05, 0) is 92.5 Å². The Balaban J connectivity index is 1.02. The van der Waals surface area contributed by atoms with E-state index in [9.17, 15) is 0 Å². The molecule has 0 aromatic heterocycles. The maximum absolute atomic E-state index is 6.74. The van der Waals surface area contributed by atoms with Crippen molar-refractivity contribution >= 4 is 77.5 Å². The minimum Gasteiger partial charge on any atom is -0.457 e. The van der Waals surface area contributed by atoms with Crippen LogP contribution in [0.15, 0.2) is 196 Å². The third kappa shape index (κ3) is 5.93. The molecule has 3 heterocycles. The van der Waals surface area contributed by atoms with Crippen molar-refractivity contribution in [3.8, 4) is 45.3 Å². The quantitative estimate of drug-likeness (QED) is 0.161. The van der Waals surface area contributed by atoms with Crippen LogP contribution in [-0.2, 0) is 0 Å². The fourth-order valence-electron chi connectivity index (χ4n) is 9.10. The van der Waals surface area contributed by atoms with Crippen LogP contribution >= 0.6 is 23.5 Å². The maximum Gasteiger partial charge on any atom is 0.149 e. The number of rotatable bonds is 5. The Morgan fingerprint density at radius 3 is 1.63 bits per heavy atom. The van der Waals surface area contributed by atoms with Crippen LogP contribution in [0.25, 0.3) is 22.3 Å². The van der Waals surface area contributed by atoms with E-state index in [1.54, 1.807) is 11.8 Å². The number of hydrogen-bond acceptors (Lipinski definition) is 5. The van der Waals surface area contributed by atoms with Crippen LogP contribution in [0, 0.1) is 0 Å². The highest BCUT2D eigenvalue weighted by Gasteiger charge is 2.38. The maximum atomic E-state index is 6.74. The first kappa shape index (κ1) is 36.4. The lowest BCUT2D eigenvalue weighted by Gasteiger charge is -2.36. The van der Waals surface area contributed by atoms with Gasteiger partial charge in [-0.15, -0.1) is 0 Å². The summed E-state index contributed by atoms with van der Waals surface area (Å²) in [4.78, 5) is 7.43. The Morgan fingerprint density at radius 2 is 0.898 bits per heavy atom. The van der Waals surface area contributed by atoms with Crippen LogP contribution in [0.4, 0.5) is 17.1 Å². The molecule has 7 heteroatoms. The van der Waals surface area contributed by atoms with Crippen LogP contribution in [0.3, 0.4) is 0 Å². The summed E-state index contributed by atoms with van der Waals surface area (Å²) in [7, 11) is -3.94. The van der Waals surface area contributed by atoms with Crippen molar-refractivity contribution in [1.29, 1.82) is 0 Å². The molecular weight excluding hydrogens is 791 g/mol. The summed E-state index contributed by atoms with van der Waals surface area (Å²) in [6.07, 6.45) is 0. The van der Waals surface area contributed by atoms with Crippen molar-refractivity contribution in [1.82, 2.24) is 0 Å². The first-order valence-electron chi connectivity index (χ1n) is 20.2. The Kier molecular flexibility index (Phi) is 8.60. The van der Waals surface area contributed by atoms with Gasteiger partial charge < -0.3 is 14.4 Å². The molecule has 8 aromatic carbocycles. The lowest BCUT2D eigenvalue weighted by Crippen LogP contribution is -2.56. The van der Waals surface area contributed by atoms with Crippen LogP contribution in [0.1, 0.15) is 0 Å². The SMILES string of the molecule is C[Si]1(C)c2ccccc2Oc2c(-c3ccc(N(c4ccc(-c5cccc6c5Oc5ccccc5S6)cc4)c4cccc5c4Sc4ccccc4[Si]5(C)C)cc3)cccc21. The lowest BCUT2D eigenvalue weighted by molar-refractivity contribution is 0.456. The predicted octanol–water partition coefficient (Wildman–Crippen LogP) is 13.0. The number of ether oxygens (including phenoxy) is 2. The Hall–Kier alpha value is -5.71. The van der Waals surface area contributed by atoms with Gasteiger partial charge in [0.05, 0.1) is 15.5 Å². The van der Waals surface area contributed by atoms with Crippen LogP contribution in [0.2, 0.25) is 26.2 Å². The van der Waals surface area contributed by atoms with E-state index in [1.807, 2.05) is 17.8 Å². The average Bonchev–Trinajstić information content (AvgIpc) is 3.26. The van der Waals surface area contributed by atoms with E-state index in [1.165, 1.54) is 36.2 Å². The number of benzene rings is 8. The van der Waals surface area contributed by atoms with Gasteiger partial charge >= 0.3 is 0 Å². The third-order valence-corrected chi connectivity index (χ3v) is 22.0. The zero-order valence-electron chi connectivity index (χ0n) is 33.3. The molecule has 0 spiro atoms. The molecule has 0 unspecified atom stereocenters. The molecule has 3 aliphatic heterocycles. The van der Waals surface area contributed by atoms with Gasteiger partial charge in [-0.2, -0.15) is 0 Å². The summed E-state index contributed by atoms with van der Waals surface area (Å²) in [5.41, 5.74) is 7.89. The molecule has 59 heavy (non-hydrogen) atoms. The summed E-state index contributed by atoms with van der Waals surface area (Å²) >= 11 is 3.68. The molecule has 0 fully saturated rings. The molecular formula is C52H41NO2S2Si2. The van der Waals surface area contributed by atoms with Gasteiger partial charge in [0.25, 0.3) is 0 Å². The molecule has 3 nitrogen and oxygen atoms in total. The van der Waals surface area contributed by atoms with Crippen molar-refractivity contribution in [3.63, 3.8) is 0 Å². The first-order chi connectivity index (χ1) is 28.8. The van der Waals surface area contributed by atoms with E-state index >= 15 is 0 Å². The third-order valence-electron chi connectivity index (χ3n) is 12.3. The predicted molar refractivity (Wildman–Crippen MR) is 253 cm³/mol. The van der Waals surface area contributed by atoms with Crippen LogP contribution < -0.4 is 35.1 Å². The van der Waals surface area contributed by atoms with Gasteiger partial charge in [-0.1, -0.05) is 165 Å². The Morgan fingerprint density at radius 1 is 0.390 bits per heavy atom. The molecule has 8 aromatic rings. The van der Waals surface area contributed by atoms with Crippen LogP contribution in [0.5, 0.6) is 23.0 Å². The molecule has 0 bridgehead atoms. The van der Waals surface area contributed by atoms with Gasteiger partial charge in [0, 0.05) is 32.3 Å². The molecule has 0 saturated heterocycles. The fraction of sp³-hybridized carbons (Fsp3) is 0.0769. The largest absolute Gasteiger partial charge is 0.457 e. The minimum atomic E-state index is -1.98. The monoisotopic (exact) mass is 831 g/mol. The summed E-state index contributed by atoms with van der Waals surface area (Å²) in [5.74, 6) is 3.80. The lowest BCUT2D eigenvalue weighted by atomic mass is 10.0. The number of hydrogen-bond donors (Lipinski definition) is 0. The molecule has 0 radical (unpaired) electrons. The normalized spacial score (nSPS) is 14.8. The second kappa shape index (κ2) is 14.0. The van der Waals surface area contributed by atoms with E-state index in [0.717, 1.165) is 66.4 Å². The highest BCUT2D eigenvalue weighted by Crippen LogP contribution is 2.51. The molecule has 0 amide bonds. The smallest absolute Gasteiger partial charge is 0.149 e. The Labute approximate surface area is 356 Å². The zero-order valence-corrected chi connectivity index (χ0v) is 37.0. The molecule has 0 aliphatic carbocycles. The van der Waals surface area contributed by atoms with Gasteiger partial charge in [-0.3, -0.25) is 0 Å². The first-order valence-corrected chi connectivity index (χ1v) is 27.8. The second-order valence-electron chi connectivity index (χ2n) is 16.5. The van der Waals surface area contributed by atoms with E-state index < -0.39 is 16.1 Å². The van der Waals surface area contributed by atoms with Crippen molar-refractivity contribution in [2.24, 2.45) is 0 Å². The Bertz CT molecular complexity index is 2960. The zero-order chi connectivity index (χ0) is 39.9. The summed E-state index contributed by atoms with van der Waals surface area (Å²) in [6.45, 7) is 9.85. The van der Waals surface area contributed by atoms with E-state index in [2.05, 4.69) is 201 Å². The standard InChI is InChI=1S/C52H41NO2S2Si2/c1-58(2)46-22-9-6-18-42(46)55-51-39(15-12-24-48(51)58)35-28-32-37(33-29-35)53(40-16-13-25-49-52(40)57-44-20-8-10-23-47(44)59(49,3)4)36-30-26-34(27-31-36)38-14-11-21-45-50(38)54-41-17-5-7-19-43(41)56-45/h5-33H,1-4H3. The molecule has 286 valence electrons. The van der Waals surface area contributed by atoms with E-state index in [-0.39, 0.29) is 0 Å². The molecule has 0 atom stereocenters. The van der Waals surface area contributed by atoms with Gasteiger partial charge in [0.1, 0.15) is 39.1 Å². The summed E-state index contributed by atoms with van der Waals surface area (Å²) in [6, 6.07) is 64.0. The number of anilines is 3. The molecule has 0 N–H and O–H groups in total. The summed E-state index contributed by atoms with van der Waals surface area (Å²) < 4.78 is 13.3. The number of fused-ring (bicyclic) bond motifs is 6. The minimum absolute atomic E-state index is 0.904. The molecule has 3 aliphatic rings. The highest BCUT2D eigenvalue weighted by atomic mass is 32.2. The van der Waals surface area contributed by atoms with E-state index in [0.29, 0.717) is 0 Å². The van der Waals surface area contributed by atoms with Crippen molar-refractivity contribution in [2.45, 2.75) is 45.8 Å². The topological polar surface area (TPSA) is 21.7 Å². The van der Waals surface area contributed by atoms with Crippen LogP contribution in [-0.4, -0.2) is 16.1 Å². The number of nitrogens with zero attached hydrogens (tertiary/aromatic N) is 1. The van der Waals surface area contributed by atoms with Crippen molar-refractivity contribution < 1.29 is 9.47 Å². The second-order valence-corrected chi connectivity index (χ2v) is 27.3. The molecule has 11 rings (SSSR count). The van der Waals surface area contributed by atoms with Crippen molar-refractivity contribution in [3.05, 3.63) is 176 Å². The fourth-order valence-corrected chi connectivity index (χ4v) is 18.4. The number of para-hydroxylation sites is 4.